The third-order valence-corrected chi connectivity index (χ3v) is 2.68. The minimum Gasteiger partial charge on any atom is -0.462 e. The van der Waals surface area contributed by atoms with Gasteiger partial charge in [-0.25, -0.2) is 9.59 Å². The maximum absolute atomic E-state index is 11.9. The van der Waals surface area contributed by atoms with Gasteiger partial charge in [0.05, 0.1) is 17.7 Å². The van der Waals surface area contributed by atoms with E-state index < -0.39 is 11.6 Å². The molecule has 0 unspecified atom stereocenters. The SMILES string of the molecule is CC(C)CCOC(=O)c1ccc(C(=O)OC(C)(C)C)cc1. The van der Waals surface area contributed by atoms with Gasteiger partial charge >= 0.3 is 11.9 Å². The van der Waals surface area contributed by atoms with Crippen LogP contribution in [-0.4, -0.2) is 24.1 Å². The summed E-state index contributed by atoms with van der Waals surface area (Å²) in [6.07, 6.45) is 0.835. The van der Waals surface area contributed by atoms with Gasteiger partial charge in [-0.05, 0) is 57.4 Å². The van der Waals surface area contributed by atoms with E-state index in [2.05, 4.69) is 13.8 Å². The molecule has 0 bridgehead atoms. The lowest BCUT2D eigenvalue weighted by Gasteiger charge is -2.19. The Hall–Kier alpha value is -1.84. The Balaban J connectivity index is 2.61. The number of carbonyl (C=O) groups excluding carboxylic acids is 2. The van der Waals surface area contributed by atoms with Gasteiger partial charge in [-0.2, -0.15) is 0 Å². The van der Waals surface area contributed by atoms with E-state index in [0.29, 0.717) is 23.7 Å². The Kier molecular flexibility index (Phi) is 5.94. The molecule has 0 heterocycles. The molecule has 0 aliphatic rings. The van der Waals surface area contributed by atoms with Crippen LogP contribution < -0.4 is 0 Å². The zero-order valence-electron chi connectivity index (χ0n) is 13.4. The van der Waals surface area contributed by atoms with Gasteiger partial charge in [0.25, 0.3) is 0 Å². The van der Waals surface area contributed by atoms with Crippen LogP contribution in [0.25, 0.3) is 0 Å². The van der Waals surface area contributed by atoms with Crippen molar-refractivity contribution in [3.05, 3.63) is 35.4 Å². The van der Waals surface area contributed by atoms with Gasteiger partial charge < -0.3 is 9.47 Å². The second kappa shape index (κ2) is 7.25. The van der Waals surface area contributed by atoms with Crippen LogP contribution in [0.2, 0.25) is 0 Å². The predicted molar refractivity (Wildman–Crippen MR) is 81.3 cm³/mol. The highest BCUT2D eigenvalue weighted by molar-refractivity contribution is 5.93. The van der Waals surface area contributed by atoms with Crippen LogP contribution >= 0.6 is 0 Å². The van der Waals surface area contributed by atoms with E-state index in [9.17, 15) is 9.59 Å². The molecule has 1 rings (SSSR count). The van der Waals surface area contributed by atoms with E-state index in [-0.39, 0.29) is 5.97 Å². The van der Waals surface area contributed by atoms with Gasteiger partial charge in [-0.15, -0.1) is 0 Å². The summed E-state index contributed by atoms with van der Waals surface area (Å²) < 4.78 is 10.4. The molecule has 1 aromatic carbocycles. The maximum atomic E-state index is 11.9. The summed E-state index contributed by atoms with van der Waals surface area (Å²) in [5, 5.41) is 0. The molecule has 0 saturated carbocycles. The fourth-order valence-corrected chi connectivity index (χ4v) is 1.55. The molecule has 0 aromatic heterocycles. The van der Waals surface area contributed by atoms with Crippen LogP contribution in [0.1, 0.15) is 61.8 Å². The summed E-state index contributed by atoms with van der Waals surface area (Å²) in [6.45, 7) is 9.99. The van der Waals surface area contributed by atoms with Gasteiger partial charge in [-0.1, -0.05) is 13.8 Å². The Morgan fingerprint density at radius 3 is 1.90 bits per heavy atom. The zero-order chi connectivity index (χ0) is 16.0. The van der Waals surface area contributed by atoms with Crippen LogP contribution in [0, 0.1) is 5.92 Å². The monoisotopic (exact) mass is 292 g/mol. The number of rotatable bonds is 5. The topological polar surface area (TPSA) is 52.6 Å². The molecule has 0 N–H and O–H groups in total. The minimum atomic E-state index is -0.536. The van der Waals surface area contributed by atoms with Crippen molar-refractivity contribution in [3.63, 3.8) is 0 Å². The summed E-state index contributed by atoms with van der Waals surface area (Å²) in [4.78, 5) is 23.6. The molecule has 0 amide bonds. The van der Waals surface area contributed by atoms with E-state index in [4.69, 9.17) is 9.47 Å². The van der Waals surface area contributed by atoms with Crippen LogP contribution in [0.15, 0.2) is 24.3 Å². The average Bonchev–Trinajstić information content (AvgIpc) is 2.36. The van der Waals surface area contributed by atoms with E-state index in [1.165, 1.54) is 0 Å². The van der Waals surface area contributed by atoms with Crippen LogP contribution in [0.5, 0.6) is 0 Å². The normalized spacial score (nSPS) is 11.3. The van der Waals surface area contributed by atoms with E-state index >= 15 is 0 Å². The van der Waals surface area contributed by atoms with Gasteiger partial charge in [0.15, 0.2) is 0 Å². The largest absolute Gasteiger partial charge is 0.462 e. The fourth-order valence-electron chi connectivity index (χ4n) is 1.55. The van der Waals surface area contributed by atoms with E-state index in [1.54, 1.807) is 24.3 Å². The van der Waals surface area contributed by atoms with Crippen molar-refractivity contribution in [1.82, 2.24) is 0 Å². The molecular formula is C17H24O4. The second-order valence-electron chi connectivity index (χ2n) is 6.40. The highest BCUT2D eigenvalue weighted by atomic mass is 16.6. The Morgan fingerprint density at radius 2 is 1.48 bits per heavy atom. The smallest absolute Gasteiger partial charge is 0.338 e. The third-order valence-electron chi connectivity index (χ3n) is 2.68. The first-order valence-electron chi connectivity index (χ1n) is 7.19. The Bertz CT molecular complexity index is 481. The lowest BCUT2D eigenvalue weighted by atomic mass is 10.1. The number of carbonyl (C=O) groups is 2. The number of hydrogen-bond acceptors (Lipinski definition) is 4. The number of hydrogen-bond donors (Lipinski definition) is 0. The number of benzene rings is 1. The van der Waals surface area contributed by atoms with Crippen LogP contribution in [0.4, 0.5) is 0 Å². The van der Waals surface area contributed by atoms with Crippen molar-refractivity contribution in [2.45, 2.75) is 46.6 Å². The summed E-state index contributed by atoms with van der Waals surface area (Å²) in [5.41, 5.74) is 0.320. The molecule has 0 radical (unpaired) electrons. The average molecular weight is 292 g/mol. The van der Waals surface area contributed by atoms with Crippen molar-refractivity contribution < 1.29 is 19.1 Å². The highest BCUT2D eigenvalue weighted by Crippen LogP contribution is 2.13. The van der Waals surface area contributed by atoms with Crippen molar-refractivity contribution >= 4 is 11.9 Å². The lowest BCUT2D eigenvalue weighted by molar-refractivity contribution is 0.00689. The maximum Gasteiger partial charge on any atom is 0.338 e. The number of esters is 2. The summed E-state index contributed by atoms with van der Waals surface area (Å²) in [7, 11) is 0. The second-order valence-corrected chi connectivity index (χ2v) is 6.40. The molecule has 4 nitrogen and oxygen atoms in total. The molecule has 0 aliphatic carbocycles. The van der Waals surface area contributed by atoms with Gasteiger partial charge in [0.2, 0.25) is 0 Å². The molecule has 0 saturated heterocycles. The molecule has 116 valence electrons. The van der Waals surface area contributed by atoms with Gasteiger partial charge in [0.1, 0.15) is 5.60 Å². The van der Waals surface area contributed by atoms with Gasteiger partial charge in [-0.3, -0.25) is 0 Å². The van der Waals surface area contributed by atoms with Crippen molar-refractivity contribution in [3.8, 4) is 0 Å². The first kappa shape index (κ1) is 17.2. The highest BCUT2D eigenvalue weighted by Gasteiger charge is 2.18. The third kappa shape index (κ3) is 6.43. The standard InChI is InChI=1S/C17H24O4/c1-12(2)10-11-20-15(18)13-6-8-14(9-7-13)16(19)21-17(3,4)5/h6-9,12H,10-11H2,1-5H3. The van der Waals surface area contributed by atoms with Crippen molar-refractivity contribution in [2.24, 2.45) is 5.92 Å². The molecule has 21 heavy (non-hydrogen) atoms. The summed E-state index contributed by atoms with van der Waals surface area (Å²) >= 11 is 0. The lowest BCUT2D eigenvalue weighted by Crippen LogP contribution is -2.23. The molecule has 0 aliphatic heterocycles. The van der Waals surface area contributed by atoms with Gasteiger partial charge in [0, 0.05) is 0 Å². The first-order chi connectivity index (χ1) is 9.69. The molecule has 0 spiro atoms. The molecule has 0 atom stereocenters. The molecule has 1 aromatic rings. The Morgan fingerprint density at radius 1 is 1.00 bits per heavy atom. The number of ether oxygens (including phenoxy) is 2. The minimum absolute atomic E-state index is 0.369. The Labute approximate surface area is 126 Å². The summed E-state index contributed by atoms with van der Waals surface area (Å²) in [6, 6.07) is 6.31. The first-order valence-corrected chi connectivity index (χ1v) is 7.19. The van der Waals surface area contributed by atoms with Crippen LogP contribution in [0.3, 0.4) is 0 Å². The quantitative estimate of drug-likeness (QED) is 0.774. The molecule has 0 fully saturated rings. The van der Waals surface area contributed by atoms with Crippen molar-refractivity contribution in [1.29, 1.82) is 0 Å². The molecule has 4 heteroatoms. The fraction of sp³-hybridized carbons (Fsp3) is 0.529. The summed E-state index contributed by atoms with van der Waals surface area (Å²) in [5.74, 6) is -0.277. The van der Waals surface area contributed by atoms with Crippen molar-refractivity contribution in [2.75, 3.05) is 6.61 Å². The van der Waals surface area contributed by atoms with E-state index in [1.807, 2.05) is 20.8 Å². The zero-order valence-corrected chi connectivity index (χ0v) is 13.4. The van der Waals surface area contributed by atoms with E-state index in [0.717, 1.165) is 6.42 Å². The molecular weight excluding hydrogens is 268 g/mol. The predicted octanol–water partition coefficient (Wildman–Crippen LogP) is 3.84. The van der Waals surface area contributed by atoms with Crippen LogP contribution in [-0.2, 0) is 9.47 Å².